The number of aliphatic hydroxyl groups is 1. The van der Waals surface area contributed by atoms with Crippen molar-refractivity contribution in [1.29, 1.82) is 0 Å². The molecule has 21 heavy (non-hydrogen) atoms. The fourth-order valence-corrected chi connectivity index (χ4v) is 1.78. The van der Waals surface area contributed by atoms with E-state index in [1.165, 1.54) is 12.4 Å². The molecular formula is C16H15N3O2. The highest BCUT2D eigenvalue weighted by Gasteiger charge is 2.10. The molecule has 0 aliphatic carbocycles. The van der Waals surface area contributed by atoms with Crippen molar-refractivity contribution in [2.75, 3.05) is 6.61 Å². The van der Waals surface area contributed by atoms with E-state index in [2.05, 4.69) is 27.1 Å². The summed E-state index contributed by atoms with van der Waals surface area (Å²) in [6, 6.07) is 3.50. The van der Waals surface area contributed by atoms with Crippen LogP contribution in [0.3, 0.4) is 0 Å². The smallest absolute Gasteiger partial charge is 0.252 e. The lowest BCUT2D eigenvalue weighted by molar-refractivity contribution is 0.0950. The Morgan fingerprint density at radius 3 is 2.81 bits per heavy atom. The van der Waals surface area contributed by atoms with Crippen molar-refractivity contribution in [3.63, 3.8) is 0 Å². The van der Waals surface area contributed by atoms with Gasteiger partial charge in [-0.2, -0.15) is 0 Å². The van der Waals surface area contributed by atoms with Crippen LogP contribution >= 0.6 is 0 Å². The number of nitrogens with zero attached hydrogens (tertiary/aromatic N) is 2. The van der Waals surface area contributed by atoms with Crippen molar-refractivity contribution in [1.82, 2.24) is 15.3 Å². The Balaban J connectivity index is 2.12. The number of amides is 1. The molecule has 0 saturated heterocycles. The van der Waals surface area contributed by atoms with Gasteiger partial charge in [-0.25, -0.2) is 0 Å². The molecule has 2 heterocycles. The van der Waals surface area contributed by atoms with Crippen LogP contribution in [0.1, 0.15) is 27.0 Å². The first kappa shape index (κ1) is 14.7. The third-order valence-electron chi connectivity index (χ3n) is 2.95. The summed E-state index contributed by atoms with van der Waals surface area (Å²) in [7, 11) is 0. The minimum atomic E-state index is -0.259. The van der Waals surface area contributed by atoms with Crippen LogP contribution < -0.4 is 5.32 Å². The van der Waals surface area contributed by atoms with Crippen LogP contribution in [0, 0.1) is 18.8 Å². The number of pyridine rings is 2. The first-order valence-electron chi connectivity index (χ1n) is 6.44. The van der Waals surface area contributed by atoms with Crippen LogP contribution in [-0.2, 0) is 6.54 Å². The van der Waals surface area contributed by atoms with Gasteiger partial charge in [0.15, 0.2) is 0 Å². The number of hydrogen-bond acceptors (Lipinski definition) is 4. The van der Waals surface area contributed by atoms with E-state index in [1.807, 2.05) is 13.0 Å². The van der Waals surface area contributed by atoms with Crippen molar-refractivity contribution in [2.45, 2.75) is 13.5 Å². The summed E-state index contributed by atoms with van der Waals surface area (Å²) < 4.78 is 0. The number of nitrogens with one attached hydrogen (secondary N) is 1. The number of hydrogen-bond donors (Lipinski definition) is 2. The van der Waals surface area contributed by atoms with Gasteiger partial charge in [0.2, 0.25) is 0 Å². The van der Waals surface area contributed by atoms with Crippen LogP contribution in [0.15, 0.2) is 36.9 Å². The van der Waals surface area contributed by atoms with E-state index in [0.29, 0.717) is 17.7 Å². The number of rotatable bonds is 3. The Morgan fingerprint density at radius 1 is 1.29 bits per heavy atom. The van der Waals surface area contributed by atoms with Gasteiger partial charge in [-0.05, 0) is 30.2 Å². The summed E-state index contributed by atoms with van der Waals surface area (Å²) in [6.07, 6.45) is 6.49. The first-order valence-corrected chi connectivity index (χ1v) is 6.44. The van der Waals surface area contributed by atoms with Crippen molar-refractivity contribution >= 4 is 5.91 Å². The average molecular weight is 281 g/mol. The largest absolute Gasteiger partial charge is 0.384 e. The predicted octanol–water partition coefficient (Wildman–Crippen LogP) is 1.06. The van der Waals surface area contributed by atoms with Crippen molar-refractivity contribution in [3.8, 4) is 11.8 Å². The molecule has 0 unspecified atom stereocenters. The summed E-state index contributed by atoms with van der Waals surface area (Å²) in [4.78, 5) is 20.2. The molecule has 0 aliphatic heterocycles. The second kappa shape index (κ2) is 7.17. The maximum absolute atomic E-state index is 12.2. The van der Waals surface area contributed by atoms with Crippen LogP contribution in [-0.4, -0.2) is 27.6 Å². The van der Waals surface area contributed by atoms with E-state index >= 15 is 0 Å². The van der Waals surface area contributed by atoms with E-state index in [4.69, 9.17) is 5.11 Å². The van der Waals surface area contributed by atoms with Gasteiger partial charge in [0.25, 0.3) is 5.91 Å². The highest BCUT2D eigenvalue weighted by molar-refractivity contribution is 5.96. The minimum absolute atomic E-state index is 0.233. The fourth-order valence-electron chi connectivity index (χ4n) is 1.78. The normalized spacial score (nSPS) is 9.62. The second-order valence-corrected chi connectivity index (χ2v) is 4.37. The Labute approximate surface area is 123 Å². The zero-order chi connectivity index (χ0) is 15.1. The molecule has 5 nitrogen and oxygen atoms in total. The van der Waals surface area contributed by atoms with Crippen LogP contribution in [0.25, 0.3) is 0 Å². The van der Waals surface area contributed by atoms with Gasteiger partial charge in [-0.15, -0.1) is 0 Å². The zero-order valence-corrected chi connectivity index (χ0v) is 11.6. The van der Waals surface area contributed by atoms with Crippen molar-refractivity contribution in [2.24, 2.45) is 0 Å². The predicted molar refractivity (Wildman–Crippen MR) is 78.3 cm³/mol. The maximum Gasteiger partial charge on any atom is 0.252 e. The first-order chi connectivity index (χ1) is 10.2. The highest BCUT2D eigenvalue weighted by Crippen LogP contribution is 2.08. The number of carbonyl (C=O) groups is 1. The quantitative estimate of drug-likeness (QED) is 0.825. The molecule has 0 radical (unpaired) electrons. The van der Waals surface area contributed by atoms with Gasteiger partial charge in [0.1, 0.15) is 6.61 Å². The lowest BCUT2D eigenvalue weighted by atomic mass is 10.1. The SMILES string of the molecule is Cc1ccncc1CNC(=O)c1ccncc1C#CCO. The molecule has 0 bridgehead atoms. The molecule has 0 aromatic carbocycles. The molecule has 1 amide bonds. The molecule has 2 aromatic rings. The van der Waals surface area contributed by atoms with E-state index in [1.54, 1.807) is 18.5 Å². The number of aryl methyl sites for hydroxylation is 1. The maximum atomic E-state index is 12.2. The van der Waals surface area contributed by atoms with Gasteiger partial charge < -0.3 is 10.4 Å². The number of aliphatic hydroxyl groups excluding tert-OH is 1. The molecule has 0 saturated carbocycles. The van der Waals surface area contributed by atoms with E-state index < -0.39 is 0 Å². The average Bonchev–Trinajstić information content (AvgIpc) is 2.52. The Kier molecular flexibility index (Phi) is 5.02. The van der Waals surface area contributed by atoms with Gasteiger partial charge in [-0.3, -0.25) is 14.8 Å². The molecule has 2 N–H and O–H groups in total. The molecule has 2 rings (SSSR count). The molecule has 0 spiro atoms. The van der Waals surface area contributed by atoms with Gasteiger partial charge in [-0.1, -0.05) is 11.8 Å². The highest BCUT2D eigenvalue weighted by atomic mass is 16.2. The van der Waals surface area contributed by atoms with Gasteiger partial charge in [0.05, 0.1) is 11.1 Å². The van der Waals surface area contributed by atoms with Gasteiger partial charge >= 0.3 is 0 Å². The van der Waals surface area contributed by atoms with Crippen LogP contribution in [0.2, 0.25) is 0 Å². The number of aromatic nitrogens is 2. The van der Waals surface area contributed by atoms with E-state index in [9.17, 15) is 4.79 Å². The summed E-state index contributed by atoms with van der Waals surface area (Å²) in [6.45, 7) is 2.10. The van der Waals surface area contributed by atoms with Crippen LogP contribution in [0.5, 0.6) is 0 Å². The Morgan fingerprint density at radius 2 is 2.05 bits per heavy atom. The third-order valence-corrected chi connectivity index (χ3v) is 2.95. The minimum Gasteiger partial charge on any atom is -0.384 e. The lowest BCUT2D eigenvalue weighted by Crippen LogP contribution is -2.24. The summed E-state index contributed by atoms with van der Waals surface area (Å²) in [5.41, 5.74) is 2.96. The summed E-state index contributed by atoms with van der Waals surface area (Å²) in [5, 5.41) is 11.6. The molecule has 106 valence electrons. The standard InChI is InChI=1S/C16H15N3O2/c1-12-4-6-17-10-14(12)11-19-16(21)15-5-7-18-9-13(15)3-2-8-20/h4-7,9-10,20H,8,11H2,1H3,(H,19,21). The van der Waals surface area contributed by atoms with E-state index in [0.717, 1.165) is 11.1 Å². The monoisotopic (exact) mass is 281 g/mol. The van der Waals surface area contributed by atoms with E-state index in [-0.39, 0.29) is 12.5 Å². The Hall–Kier alpha value is -2.71. The number of carbonyl (C=O) groups excluding carboxylic acids is 1. The zero-order valence-electron chi connectivity index (χ0n) is 11.6. The molecular weight excluding hydrogens is 266 g/mol. The molecule has 0 aliphatic rings. The molecule has 2 aromatic heterocycles. The second-order valence-electron chi connectivity index (χ2n) is 4.37. The van der Waals surface area contributed by atoms with Crippen LogP contribution in [0.4, 0.5) is 0 Å². The van der Waals surface area contributed by atoms with Crippen molar-refractivity contribution in [3.05, 3.63) is 59.2 Å². The fraction of sp³-hybridized carbons (Fsp3) is 0.188. The lowest BCUT2D eigenvalue weighted by Gasteiger charge is -2.08. The van der Waals surface area contributed by atoms with Gasteiger partial charge in [0, 0.05) is 31.3 Å². The molecule has 0 fully saturated rings. The van der Waals surface area contributed by atoms with Crippen molar-refractivity contribution < 1.29 is 9.90 Å². The Bertz CT molecular complexity index is 702. The summed E-state index contributed by atoms with van der Waals surface area (Å²) in [5.74, 6) is 5.00. The third kappa shape index (κ3) is 3.88. The summed E-state index contributed by atoms with van der Waals surface area (Å²) >= 11 is 0. The molecule has 5 heteroatoms. The topological polar surface area (TPSA) is 75.1 Å². The molecule has 0 atom stereocenters.